The zero-order valence-corrected chi connectivity index (χ0v) is 16.3. The number of carbonyl (C=O) groups is 1. The maximum atomic E-state index is 14.4. The summed E-state index contributed by atoms with van der Waals surface area (Å²) in [7, 11) is 0. The summed E-state index contributed by atoms with van der Waals surface area (Å²) in [5, 5.41) is 11.7. The molecule has 7 nitrogen and oxygen atoms in total. The molecular weight excluding hydrogens is 401 g/mol. The lowest BCUT2D eigenvalue weighted by molar-refractivity contribution is -0.610. The van der Waals surface area contributed by atoms with Crippen molar-refractivity contribution in [3.63, 3.8) is 0 Å². The second-order valence-corrected chi connectivity index (χ2v) is 7.57. The molecule has 2 N–H and O–H groups in total. The Hall–Kier alpha value is -3.22. The summed E-state index contributed by atoms with van der Waals surface area (Å²) >= 11 is 0. The van der Waals surface area contributed by atoms with Crippen molar-refractivity contribution in [2.75, 3.05) is 6.54 Å². The molecule has 1 aromatic heterocycles. The summed E-state index contributed by atoms with van der Waals surface area (Å²) in [4.78, 5) is 39.4. The SMILES string of the molecule is Cc1c(CC(=O)N[C@@H](C)C2C(F)CC(C#N)C[N+]2=O)c(=O)[nH]c2cc(F)c(F)cc12. The monoisotopic (exact) mass is 421 g/mol. The molecule has 0 bridgehead atoms. The Kier molecular flexibility index (Phi) is 5.92. The number of aromatic nitrogens is 1. The quantitative estimate of drug-likeness (QED) is 0.738. The molecule has 1 fully saturated rings. The first kappa shape index (κ1) is 21.5. The Bertz CT molecular complexity index is 1120. The van der Waals surface area contributed by atoms with E-state index in [1.807, 2.05) is 6.07 Å². The minimum absolute atomic E-state index is 0.0576. The van der Waals surface area contributed by atoms with E-state index in [1.165, 1.54) is 13.8 Å². The zero-order valence-electron chi connectivity index (χ0n) is 16.3. The third kappa shape index (κ3) is 4.06. The third-order valence-electron chi connectivity index (χ3n) is 5.47. The molecule has 1 aromatic carbocycles. The number of piperidine rings is 1. The molecular formula is C20H20F3N4O3+. The Morgan fingerprint density at radius 3 is 2.70 bits per heavy atom. The first-order valence-electron chi connectivity index (χ1n) is 9.39. The number of nitrogens with zero attached hydrogens (tertiary/aromatic N) is 2. The van der Waals surface area contributed by atoms with Crippen LogP contribution in [0.2, 0.25) is 0 Å². The van der Waals surface area contributed by atoms with Crippen LogP contribution in [0, 0.1) is 40.7 Å². The van der Waals surface area contributed by atoms with Crippen LogP contribution >= 0.6 is 0 Å². The van der Waals surface area contributed by atoms with Crippen LogP contribution in [0.5, 0.6) is 0 Å². The number of H-pyrrole nitrogens is 1. The van der Waals surface area contributed by atoms with Gasteiger partial charge in [-0.3, -0.25) is 9.59 Å². The van der Waals surface area contributed by atoms with Crippen molar-refractivity contribution in [2.45, 2.75) is 44.9 Å². The van der Waals surface area contributed by atoms with Crippen LogP contribution in [0.3, 0.4) is 0 Å². The number of alkyl halides is 1. The Labute approximate surface area is 169 Å². The van der Waals surface area contributed by atoms with Gasteiger partial charge in [-0.2, -0.15) is 5.26 Å². The van der Waals surface area contributed by atoms with Crippen molar-refractivity contribution in [1.82, 2.24) is 10.3 Å². The largest absolute Gasteiger partial charge is 0.346 e. The lowest BCUT2D eigenvalue weighted by Crippen LogP contribution is -2.55. The Balaban J connectivity index is 1.79. The standard InChI is InChI=1S/C20H19F3N4O3/c1-9-12-4-14(21)15(22)6-17(12)26-20(29)13(9)5-18(28)25-10(2)19-16(23)3-11(7-24)8-27(19)30/h4,6,10-11,16,19H,3,5,8H2,1-2H3,(H-,25,26,28,29)/p+1/t10-,11?,16?,19?/m0/s1. The van der Waals surface area contributed by atoms with Gasteiger partial charge in [0.25, 0.3) is 11.6 Å². The molecule has 1 amide bonds. The van der Waals surface area contributed by atoms with Gasteiger partial charge in [0.1, 0.15) is 5.92 Å². The van der Waals surface area contributed by atoms with Gasteiger partial charge < -0.3 is 10.3 Å². The Morgan fingerprint density at radius 2 is 2.07 bits per heavy atom. The van der Waals surface area contributed by atoms with Crippen LogP contribution in [0.4, 0.5) is 13.2 Å². The van der Waals surface area contributed by atoms with E-state index in [4.69, 9.17) is 5.26 Å². The lowest BCUT2D eigenvalue weighted by Gasteiger charge is -2.26. The molecule has 4 atom stereocenters. The predicted octanol–water partition coefficient (Wildman–Crippen LogP) is 2.19. The maximum absolute atomic E-state index is 14.4. The Morgan fingerprint density at radius 1 is 1.40 bits per heavy atom. The number of amides is 1. The van der Waals surface area contributed by atoms with E-state index in [-0.39, 0.29) is 35.9 Å². The summed E-state index contributed by atoms with van der Waals surface area (Å²) in [6, 6.07) is 1.67. The highest BCUT2D eigenvalue weighted by Gasteiger charge is 2.47. The molecule has 3 rings (SSSR count). The molecule has 158 valence electrons. The smallest absolute Gasteiger partial charge is 0.252 e. The number of benzene rings is 1. The van der Waals surface area contributed by atoms with Gasteiger partial charge in [-0.1, -0.05) is 0 Å². The molecule has 1 aliphatic rings. The molecule has 30 heavy (non-hydrogen) atoms. The molecule has 2 heterocycles. The normalized spacial score (nSPS) is 22.5. The lowest BCUT2D eigenvalue weighted by atomic mass is 9.90. The number of rotatable bonds is 4. The van der Waals surface area contributed by atoms with Crippen molar-refractivity contribution in [3.05, 3.63) is 50.2 Å². The highest BCUT2D eigenvalue weighted by atomic mass is 19.2. The molecule has 10 heteroatoms. The van der Waals surface area contributed by atoms with Gasteiger partial charge >= 0.3 is 0 Å². The highest BCUT2D eigenvalue weighted by Crippen LogP contribution is 2.24. The van der Waals surface area contributed by atoms with E-state index < -0.39 is 47.3 Å². The van der Waals surface area contributed by atoms with E-state index in [0.29, 0.717) is 10.3 Å². The van der Waals surface area contributed by atoms with Gasteiger partial charge in [0.15, 0.2) is 17.8 Å². The fourth-order valence-corrected chi connectivity index (χ4v) is 3.92. The number of nitrogens with one attached hydrogen (secondary N) is 2. The van der Waals surface area contributed by atoms with E-state index in [2.05, 4.69) is 10.3 Å². The number of fused-ring (bicyclic) bond motifs is 1. The van der Waals surface area contributed by atoms with Gasteiger partial charge in [0.2, 0.25) is 12.5 Å². The highest BCUT2D eigenvalue weighted by molar-refractivity contribution is 5.86. The number of nitriles is 1. The average molecular weight is 421 g/mol. The molecule has 0 spiro atoms. The van der Waals surface area contributed by atoms with Gasteiger partial charge in [-0.05, 0) is 25.5 Å². The van der Waals surface area contributed by atoms with Crippen LogP contribution in [0.1, 0.15) is 24.5 Å². The number of halogens is 3. The van der Waals surface area contributed by atoms with Gasteiger partial charge in [-0.15, -0.1) is 0 Å². The fourth-order valence-electron chi connectivity index (χ4n) is 3.92. The number of aryl methyl sites for hydroxylation is 1. The molecule has 2 aromatic rings. The second-order valence-electron chi connectivity index (χ2n) is 7.57. The number of pyridine rings is 1. The number of aromatic amines is 1. The third-order valence-corrected chi connectivity index (χ3v) is 5.47. The van der Waals surface area contributed by atoms with Crippen molar-refractivity contribution in [2.24, 2.45) is 5.92 Å². The molecule has 0 radical (unpaired) electrons. The van der Waals surface area contributed by atoms with Crippen molar-refractivity contribution >= 4 is 16.8 Å². The predicted molar refractivity (Wildman–Crippen MR) is 101 cm³/mol. The van der Waals surface area contributed by atoms with Gasteiger partial charge in [0.05, 0.1) is 24.0 Å². The summed E-state index contributed by atoms with van der Waals surface area (Å²) in [5.74, 6) is -3.52. The van der Waals surface area contributed by atoms with Crippen molar-refractivity contribution in [1.29, 1.82) is 5.26 Å². The second kappa shape index (κ2) is 8.26. The van der Waals surface area contributed by atoms with Crippen LogP contribution in [0.15, 0.2) is 16.9 Å². The number of nitroso groups, excluding NO2 is 1. The zero-order chi connectivity index (χ0) is 22.2. The van der Waals surface area contributed by atoms with Crippen LogP contribution in [0.25, 0.3) is 10.9 Å². The van der Waals surface area contributed by atoms with Crippen LogP contribution in [-0.2, 0) is 11.2 Å². The minimum atomic E-state index is -1.58. The summed E-state index contributed by atoms with van der Waals surface area (Å²) in [6.45, 7) is 2.84. The van der Waals surface area contributed by atoms with Crippen LogP contribution < -0.4 is 10.9 Å². The molecule has 0 saturated carbocycles. The topological polar surface area (TPSA) is 106 Å². The van der Waals surface area contributed by atoms with Crippen molar-refractivity contribution < 1.29 is 22.7 Å². The van der Waals surface area contributed by atoms with E-state index in [0.717, 1.165) is 12.1 Å². The van der Waals surface area contributed by atoms with E-state index in [9.17, 15) is 27.7 Å². The minimum Gasteiger partial charge on any atom is -0.346 e. The molecule has 0 aliphatic carbocycles. The number of hydrogen-bond donors (Lipinski definition) is 2. The van der Waals surface area contributed by atoms with Gasteiger partial charge in [-0.25, -0.2) is 13.2 Å². The summed E-state index contributed by atoms with van der Waals surface area (Å²) < 4.78 is 41.8. The average Bonchev–Trinajstić information content (AvgIpc) is 2.66. The first-order chi connectivity index (χ1) is 14.1. The molecule has 1 aliphatic heterocycles. The number of hydrogen-bond acceptors (Lipinski definition) is 4. The summed E-state index contributed by atoms with van der Waals surface area (Å²) in [6.07, 6.45) is -2.06. The van der Waals surface area contributed by atoms with Crippen LogP contribution in [-0.4, -0.2) is 40.5 Å². The maximum Gasteiger partial charge on any atom is 0.252 e. The van der Waals surface area contributed by atoms with E-state index in [1.54, 1.807) is 0 Å². The van der Waals surface area contributed by atoms with Crippen molar-refractivity contribution in [3.8, 4) is 6.07 Å². The first-order valence-corrected chi connectivity index (χ1v) is 9.39. The van der Waals surface area contributed by atoms with Gasteiger partial charge in [0, 0.05) is 33.1 Å². The molecule has 3 unspecified atom stereocenters. The number of carbonyl (C=O) groups excluding carboxylic acids is 1. The molecule has 1 saturated heterocycles. The fraction of sp³-hybridized carbons (Fsp3) is 0.450. The summed E-state index contributed by atoms with van der Waals surface area (Å²) in [5.41, 5.74) is -0.149. The van der Waals surface area contributed by atoms with E-state index >= 15 is 0 Å².